The third-order valence-corrected chi connectivity index (χ3v) is 5.77. The van der Waals surface area contributed by atoms with Crippen molar-refractivity contribution in [3.63, 3.8) is 0 Å². The molecular formula is C21H14ClNO2S. The molecule has 128 valence electrons. The van der Waals surface area contributed by atoms with Crippen LogP contribution in [0.3, 0.4) is 0 Å². The van der Waals surface area contributed by atoms with Gasteiger partial charge in [-0.3, -0.25) is 0 Å². The van der Waals surface area contributed by atoms with E-state index in [1.165, 1.54) is 30.3 Å². The fourth-order valence-corrected chi connectivity index (χ4v) is 3.75. The Kier molecular flexibility index (Phi) is 5.22. The molecule has 0 fully saturated rings. The van der Waals surface area contributed by atoms with Crippen LogP contribution in [0.15, 0.2) is 88.7 Å². The van der Waals surface area contributed by atoms with Gasteiger partial charge in [0.25, 0.3) is 0 Å². The number of benzene rings is 3. The molecule has 3 aromatic carbocycles. The first kappa shape index (κ1) is 17.9. The number of halogens is 1. The lowest BCUT2D eigenvalue weighted by atomic mass is 10.0. The topological polar surface area (TPSA) is 57.9 Å². The summed E-state index contributed by atoms with van der Waals surface area (Å²) in [6.45, 7) is 0. The summed E-state index contributed by atoms with van der Waals surface area (Å²) in [5, 5.41) is 9.78. The first-order valence-electron chi connectivity index (χ1n) is 7.78. The molecule has 5 heteroatoms. The maximum Gasteiger partial charge on any atom is 0.216 e. The zero-order chi connectivity index (χ0) is 18.6. The summed E-state index contributed by atoms with van der Waals surface area (Å²) in [4.78, 5) is -0.275. The molecule has 0 heterocycles. The van der Waals surface area contributed by atoms with E-state index in [4.69, 9.17) is 11.6 Å². The van der Waals surface area contributed by atoms with Crippen molar-refractivity contribution in [2.75, 3.05) is 0 Å². The Morgan fingerprint density at radius 2 is 1.42 bits per heavy atom. The molecule has 0 unspecified atom stereocenters. The molecular weight excluding hydrogens is 366 g/mol. The molecule has 0 amide bonds. The molecule has 0 N–H and O–H groups in total. The Bertz CT molecular complexity index is 1080. The Morgan fingerprint density at radius 3 is 2.00 bits per heavy atom. The summed E-state index contributed by atoms with van der Waals surface area (Å²) in [6, 6.07) is 24.8. The van der Waals surface area contributed by atoms with Crippen molar-refractivity contribution < 1.29 is 8.42 Å². The average Bonchev–Trinajstić information content (AvgIpc) is 2.67. The molecule has 0 saturated heterocycles. The van der Waals surface area contributed by atoms with Gasteiger partial charge in [0.1, 0.15) is 11.0 Å². The Labute approximate surface area is 157 Å². The predicted molar refractivity (Wildman–Crippen MR) is 104 cm³/mol. The van der Waals surface area contributed by atoms with Crippen molar-refractivity contribution in [1.82, 2.24) is 0 Å². The van der Waals surface area contributed by atoms with Crippen LogP contribution in [0.5, 0.6) is 0 Å². The van der Waals surface area contributed by atoms with Crippen LogP contribution >= 0.6 is 11.6 Å². The third-order valence-electron chi connectivity index (χ3n) is 3.84. The third kappa shape index (κ3) is 3.85. The second-order valence-electron chi connectivity index (χ2n) is 5.57. The quantitative estimate of drug-likeness (QED) is 0.574. The minimum atomic E-state index is -3.89. The van der Waals surface area contributed by atoms with Gasteiger partial charge in [0.05, 0.1) is 4.90 Å². The van der Waals surface area contributed by atoms with Gasteiger partial charge in [-0.05, 0) is 47.0 Å². The first-order valence-corrected chi connectivity index (χ1v) is 9.65. The second-order valence-corrected chi connectivity index (χ2v) is 7.92. The van der Waals surface area contributed by atoms with E-state index in [1.54, 1.807) is 18.2 Å². The number of nitriles is 1. The van der Waals surface area contributed by atoms with E-state index >= 15 is 0 Å². The SMILES string of the molecule is N#CC(=Cc1ccc(-c2ccccc2)cc1)S(=O)(=O)c1ccc(Cl)cc1. The fraction of sp³-hybridized carbons (Fsp3) is 0. The predicted octanol–water partition coefficient (Wildman–Crippen LogP) is 5.35. The summed E-state index contributed by atoms with van der Waals surface area (Å²) in [5.41, 5.74) is 2.72. The van der Waals surface area contributed by atoms with Crippen LogP contribution in [0.2, 0.25) is 5.02 Å². The van der Waals surface area contributed by atoms with Crippen LogP contribution < -0.4 is 0 Å². The lowest BCUT2D eigenvalue weighted by Gasteiger charge is -2.05. The monoisotopic (exact) mass is 379 g/mol. The van der Waals surface area contributed by atoms with Gasteiger partial charge in [0.2, 0.25) is 9.84 Å². The summed E-state index contributed by atoms with van der Waals surface area (Å²) in [5.74, 6) is 0. The molecule has 3 nitrogen and oxygen atoms in total. The van der Waals surface area contributed by atoms with Crippen LogP contribution in [-0.4, -0.2) is 8.42 Å². The van der Waals surface area contributed by atoms with Gasteiger partial charge in [-0.1, -0.05) is 66.2 Å². The minimum absolute atomic E-state index is 0.0376. The van der Waals surface area contributed by atoms with Crippen LogP contribution in [0.1, 0.15) is 5.56 Å². The van der Waals surface area contributed by atoms with Gasteiger partial charge in [-0.2, -0.15) is 5.26 Å². The maximum atomic E-state index is 12.6. The lowest BCUT2D eigenvalue weighted by Crippen LogP contribution is -2.03. The van der Waals surface area contributed by atoms with Crippen LogP contribution in [0, 0.1) is 11.3 Å². The van der Waals surface area contributed by atoms with Crippen molar-refractivity contribution >= 4 is 27.5 Å². The molecule has 26 heavy (non-hydrogen) atoms. The van der Waals surface area contributed by atoms with Crippen molar-refractivity contribution in [2.45, 2.75) is 4.90 Å². The molecule has 3 aromatic rings. The van der Waals surface area contributed by atoms with Crippen LogP contribution in [0.25, 0.3) is 17.2 Å². The molecule has 0 aliphatic heterocycles. The first-order chi connectivity index (χ1) is 12.5. The zero-order valence-corrected chi connectivity index (χ0v) is 15.2. The van der Waals surface area contributed by atoms with E-state index < -0.39 is 9.84 Å². The maximum absolute atomic E-state index is 12.6. The van der Waals surface area contributed by atoms with E-state index in [0.717, 1.165) is 11.1 Å². The van der Waals surface area contributed by atoms with Crippen molar-refractivity contribution in [1.29, 1.82) is 5.26 Å². The molecule has 3 rings (SSSR count). The summed E-state index contributed by atoms with van der Waals surface area (Å²) in [7, 11) is -3.89. The highest BCUT2D eigenvalue weighted by molar-refractivity contribution is 7.95. The molecule has 0 aromatic heterocycles. The van der Waals surface area contributed by atoms with E-state index in [2.05, 4.69) is 0 Å². The van der Waals surface area contributed by atoms with Gasteiger partial charge < -0.3 is 0 Å². The number of allylic oxidation sites excluding steroid dienone is 1. The van der Waals surface area contributed by atoms with E-state index in [-0.39, 0.29) is 9.80 Å². The molecule has 0 aliphatic carbocycles. The molecule has 0 aliphatic rings. The van der Waals surface area contributed by atoms with Gasteiger partial charge in [-0.25, -0.2) is 8.42 Å². The Hall–Kier alpha value is -2.87. The molecule has 0 radical (unpaired) electrons. The number of hydrogen-bond donors (Lipinski definition) is 0. The average molecular weight is 380 g/mol. The Morgan fingerprint density at radius 1 is 0.846 bits per heavy atom. The fourth-order valence-electron chi connectivity index (χ4n) is 2.46. The molecule has 0 bridgehead atoms. The summed E-state index contributed by atoms with van der Waals surface area (Å²) < 4.78 is 25.3. The largest absolute Gasteiger partial charge is 0.218 e. The Balaban J connectivity index is 1.94. The smallest absolute Gasteiger partial charge is 0.216 e. The second kappa shape index (κ2) is 7.57. The lowest BCUT2D eigenvalue weighted by molar-refractivity contribution is 0.603. The highest BCUT2D eigenvalue weighted by Crippen LogP contribution is 2.24. The highest BCUT2D eigenvalue weighted by atomic mass is 35.5. The van der Waals surface area contributed by atoms with E-state index in [1.807, 2.05) is 42.5 Å². The normalized spacial score (nSPS) is 11.8. The summed E-state index contributed by atoms with van der Waals surface area (Å²) in [6.07, 6.45) is 1.37. The number of rotatable bonds is 4. The van der Waals surface area contributed by atoms with E-state index in [9.17, 15) is 13.7 Å². The van der Waals surface area contributed by atoms with E-state index in [0.29, 0.717) is 10.6 Å². The number of hydrogen-bond acceptors (Lipinski definition) is 3. The van der Waals surface area contributed by atoms with Gasteiger partial charge in [0.15, 0.2) is 0 Å². The molecule has 0 spiro atoms. The van der Waals surface area contributed by atoms with Gasteiger partial charge in [0, 0.05) is 5.02 Å². The van der Waals surface area contributed by atoms with Crippen molar-refractivity contribution in [2.24, 2.45) is 0 Å². The van der Waals surface area contributed by atoms with Gasteiger partial charge in [-0.15, -0.1) is 0 Å². The van der Waals surface area contributed by atoms with Crippen LogP contribution in [0.4, 0.5) is 0 Å². The molecule has 0 saturated carbocycles. The number of sulfone groups is 1. The minimum Gasteiger partial charge on any atom is -0.218 e. The molecule has 0 atom stereocenters. The number of nitrogens with zero attached hydrogens (tertiary/aromatic N) is 1. The van der Waals surface area contributed by atoms with Crippen LogP contribution in [-0.2, 0) is 9.84 Å². The highest BCUT2D eigenvalue weighted by Gasteiger charge is 2.20. The van der Waals surface area contributed by atoms with Gasteiger partial charge >= 0.3 is 0 Å². The summed E-state index contributed by atoms with van der Waals surface area (Å²) >= 11 is 5.80. The zero-order valence-electron chi connectivity index (χ0n) is 13.6. The van der Waals surface area contributed by atoms with Crippen molar-refractivity contribution in [3.8, 4) is 17.2 Å². The van der Waals surface area contributed by atoms with Crippen molar-refractivity contribution in [3.05, 3.63) is 94.4 Å². The standard InChI is InChI=1S/C21H14ClNO2S/c22-19-10-12-20(13-11-19)26(24,25)21(15-23)14-16-6-8-18(9-7-16)17-4-2-1-3-5-17/h1-14H.